The zero-order valence-electron chi connectivity index (χ0n) is 5.52. The first-order chi connectivity index (χ1) is 5.38. The summed E-state index contributed by atoms with van der Waals surface area (Å²) in [5.74, 6) is 0. The van der Waals surface area contributed by atoms with E-state index < -0.39 is 0 Å². The van der Waals surface area contributed by atoms with Crippen molar-refractivity contribution in [2.24, 2.45) is 0 Å². The number of hydrogen-bond acceptors (Lipinski definition) is 3. The highest BCUT2D eigenvalue weighted by atomic mass is 32.1. The van der Waals surface area contributed by atoms with Crippen molar-refractivity contribution in [3.05, 3.63) is 28.7 Å². The summed E-state index contributed by atoms with van der Waals surface area (Å²) in [6.07, 6.45) is 5.42. The fraction of sp³-hybridized carbons (Fsp3) is 0. The van der Waals surface area contributed by atoms with Gasteiger partial charge in [-0.3, -0.25) is 4.57 Å². The molecular weight excluding hydrogens is 178 g/mol. The van der Waals surface area contributed by atoms with Crippen molar-refractivity contribution in [3.63, 3.8) is 0 Å². The largest absolute Gasteiger partial charge is 0.337 e. The molecule has 1 N–H and O–H groups in total. The van der Waals surface area contributed by atoms with Gasteiger partial charge in [0.15, 0.2) is 9.90 Å². The minimum atomic E-state index is 0.681. The van der Waals surface area contributed by atoms with Gasteiger partial charge < -0.3 is 4.98 Å². The lowest BCUT2D eigenvalue weighted by molar-refractivity contribution is 1.01. The molecule has 5 heteroatoms. The second-order valence-electron chi connectivity index (χ2n) is 1.95. The van der Waals surface area contributed by atoms with Gasteiger partial charge in [-0.25, -0.2) is 4.98 Å². The van der Waals surface area contributed by atoms with Crippen LogP contribution in [0.1, 0.15) is 0 Å². The molecule has 0 aromatic carbocycles. The Morgan fingerprint density at radius 2 is 2.55 bits per heavy atom. The summed E-state index contributed by atoms with van der Waals surface area (Å²) >= 11 is 6.57. The molecule has 0 spiro atoms. The SMILES string of the molecule is S=c1[nH]ccn1-c1nccs1. The predicted octanol–water partition coefficient (Wildman–Crippen LogP) is 1.99. The third kappa shape index (κ3) is 1.12. The van der Waals surface area contributed by atoms with Crippen LogP contribution < -0.4 is 0 Å². The second-order valence-corrected chi connectivity index (χ2v) is 3.21. The summed E-state index contributed by atoms with van der Waals surface area (Å²) in [4.78, 5) is 7.02. The minimum Gasteiger partial charge on any atom is -0.337 e. The third-order valence-electron chi connectivity index (χ3n) is 1.27. The van der Waals surface area contributed by atoms with Crippen LogP contribution in [0.15, 0.2) is 24.0 Å². The highest BCUT2D eigenvalue weighted by molar-refractivity contribution is 7.71. The summed E-state index contributed by atoms with van der Waals surface area (Å²) in [6, 6.07) is 0. The summed E-state index contributed by atoms with van der Waals surface area (Å²) in [5.41, 5.74) is 0. The van der Waals surface area contributed by atoms with E-state index in [1.165, 1.54) is 0 Å². The standard InChI is InChI=1S/C6H5N3S2/c10-5-7-1-3-9(5)6-8-2-4-11-6/h1-4H,(H,7,10). The van der Waals surface area contributed by atoms with Crippen molar-refractivity contribution in [2.45, 2.75) is 0 Å². The van der Waals surface area contributed by atoms with E-state index in [9.17, 15) is 0 Å². The van der Waals surface area contributed by atoms with Crippen LogP contribution in [0.25, 0.3) is 5.13 Å². The molecule has 11 heavy (non-hydrogen) atoms. The molecule has 0 saturated carbocycles. The van der Waals surface area contributed by atoms with Crippen LogP contribution in [-0.2, 0) is 0 Å². The average Bonchev–Trinajstić information content (AvgIpc) is 2.55. The van der Waals surface area contributed by atoms with Crippen LogP contribution in [0.3, 0.4) is 0 Å². The highest BCUT2D eigenvalue weighted by Gasteiger charge is 1.97. The van der Waals surface area contributed by atoms with Crippen LogP contribution >= 0.6 is 23.6 Å². The van der Waals surface area contributed by atoms with Gasteiger partial charge in [0.1, 0.15) is 0 Å². The molecule has 0 atom stereocenters. The maximum absolute atomic E-state index is 5.01. The fourth-order valence-corrected chi connectivity index (χ4v) is 1.71. The van der Waals surface area contributed by atoms with Gasteiger partial charge in [-0.15, -0.1) is 11.3 Å². The van der Waals surface area contributed by atoms with Crippen LogP contribution in [-0.4, -0.2) is 14.5 Å². The number of imidazole rings is 1. The third-order valence-corrected chi connectivity index (χ3v) is 2.36. The molecule has 0 radical (unpaired) electrons. The van der Waals surface area contributed by atoms with E-state index in [-0.39, 0.29) is 0 Å². The van der Waals surface area contributed by atoms with E-state index in [0.717, 1.165) is 5.13 Å². The number of nitrogens with one attached hydrogen (secondary N) is 1. The van der Waals surface area contributed by atoms with Crippen molar-refractivity contribution in [1.82, 2.24) is 14.5 Å². The molecule has 0 saturated heterocycles. The van der Waals surface area contributed by atoms with Gasteiger partial charge in [0.2, 0.25) is 0 Å². The summed E-state index contributed by atoms with van der Waals surface area (Å²) in [5, 5.41) is 2.82. The Kier molecular flexibility index (Phi) is 1.59. The van der Waals surface area contributed by atoms with Crippen molar-refractivity contribution in [2.75, 3.05) is 0 Å². The van der Waals surface area contributed by atoms with Gasteiger partial charge in [0, 0.05) is 24.0 Å². The lowest BCUT2D eigenvalue weighted by Gasteiger charge is -1.91. The maximum atomic E-state index is 5.01. The van der Waals surface area contributed by atoms with E-state index >= 15 is 0 Å². The van der Waals surface area contributed by atoms with Crippen LogP contribution in [0.2, 0.25) is 0 Å². The van der Waals surface area contributed by atoms with E-state index in [1.54, 1.807) is 23.7 Å². The molecule has 0 bridgehead atoms. The number of aromatic amines is 1. The van der Waals surface area contributed by atoms with Gasteiger partial charge in [0.25, 0.3) is 0 Å². The Balaban J connectivity index is 2.62. The Morgan fingerprint density at radius 3 is 3.09 bits per heavy atom. The fourth-order valence-electron chi connectivity index (χ4n) is 0.806. The van der Waals surface area contributed by atoms with Gasteiger partial charge >= 0.3 is 0 Å². The zero-order valence-corrected chi connectivity index (χ0v) is 7.15. The molecular formula is C6H5N3S2. The number of aromatic nitrogens is 3. The molecule has 3 nitrogen and oxygen atoms in total. The number of rotatable bonds is 1. The van der Waals surface area contributed by atoms with Gasteiger partial charge in [-0.05, 0) is 12.2 Å². The smallest absolute Gasteiger partial charge is 0.195 e. The molecule has 0 amide bonds. The summed E-state index contributed by atoms with van der Waals surface area (Å²) in [6.45, 7) is 0. The molecule has 0 aliphatic carbocycles. The molecule has 56 valence electrons. The molecule has 0 aliphatic rings. The molecule has 2 aromatic heterocycles. The topological polar surface area (TPSA) is 33.6 Å². The quantitative estimate of drug-likeness (QED) is 0.686. The van der Waals surface area contributed by atoms with E-state index in [4.69, 9.17) is 12.2 Å². The lowest BCUT2D eigenvalue weighted by Crippen LogP contribution is -1.89. The molecule has 0 fully saturated rings. The maximum Gasteiger partial charge on any atom is 0.195 e. The van der Waals surface area contributed by atoms with Crippen molar-refractivity contribution >= 4 is 23.6 Å². The monoisotopic (exact) mass is 183 g/mol. The van der Waals surface area contributed by atoms with Gasteiger partial charge in [-0.2, -0.15) is 0 Å². The van der Waals surface area contributed by atoms with E-state index in [1.807, 2.05) is 16.1 Å². The predicted molar refractivity (Wildman–Crippen MR) is 46.6 cm³/mol. The van der Waals surface area contributed by atoms with Crippen molar-refractivity contribution < 1.29 is 0 Å². The summed E-state index contributed by atoms with van der Waals surface area (Å²) < 4.78 is 2.51. The lowest BCUT2D eigenvalue weighted by atomic mass is 10.9. The second kappa shape index (κ2) is 2.60. The van der Waals surface area contributed by atoms with Gasteiger partial charge in [0.05, 0.1) is 0 Å². The number of hydrogen-bond donors (Lipinski definition) is 1. The number of nitrogens with zero attached hydrogens (tertiary/aromatic N) is 2. The number of H-pyrrole nitrogens is 1. The Labute approximate surface area is 72.3 Å². The molecule has 0 unspecified atom stereocenters. The zero-order chi connectivity index (χ0) is 7.68. The molecule has 0 aliphatic heterocycles. The first-order valence-electron chi connectivity index (χ1n) is 3.04. The van der Waals surface area contributed by atoms with E-state index in [2.05, 4.69) is 9.97 Å². The molecule has 2 heterocycles. The first kappa shape index (κ1) is 6.75. The van der Waals surface area contributed by atoms with E-state index in [0.29, 0.717) is 4.77 Å². The Hall–Kier alpha value is -0.940. The first-order valence-corrected chi connectivity index (χ1v) is 4.32. The van der Waals surface area contributed by atoms with Gasteiger partial charge in [-0.1, -0.05) is 0 Å². The Morgan fingerprint density at radius 1 is 1.64 bits per heavy atom. The van der Waals surface area contributed by atoms with Crippen LogP contribution in [0, 0.1) is 4.77 Å². The van der Waals surface area contributed by atoms with Crippen LogP contribution in [0.4, 0.5) is 0 Å². The molecule has 2 aromatic rings. The number of thiazole rings is 1. The average molecular weight is 183 g/mol. The Bertz CT molecular complexity index is 384. The summed E-state index contributed by atoms with van der Waals surface area (Å²) in [7, 11) is 0. The minimum absolute atomic E-state index is 0.681. The van der Waals surface area contributed by atoms with Crippen molar-refractivity contribution in [3.8, 4) is 5.13 Å². The normalized spacial score (nSPS) is 10.2. The highest BCUT2D eigenvalue weighted by Crippen LogP contribution is 2.10. The van der Waals surface area contributed by atoms with Crippen LogP contribution in [0.5, 0.6) is 0 Å². The molecule has 2 rings (SSSR count). The van der Waals surface area contributed by atoms with Crippen molar-refractivity contribution in [1.29, 1.82) is 0 Å².